The molecule has 1 aliphatic rings. The normalized spacial score (nSPS) is 20.0. The largest absolute Gasteiger partial charge is 0.370 e. The number of nitrogens with two attached hydrogens (primary N) is 1. The fraction of sp³-hybridized carbons (Fsp3) is 0.889. The van der Waals surface area contributed by atoms with E-state index in [0.29, 0.717) is 12.0 Å². The summed E-state index contributed by atoms with van der Waals surface area (Å²) >= 11 is 0. The lowest BCUT2D eigenvalue weighted by atomic mass is 10.2. The highest BCUT2D eigenvalue weighted by molar-refractivity contribution is 5.78. The number of aliphatic imine (C=N–C) groups is 1. The molecule has 0 aromatic carbocycles. The highest BCUT2D eigenvalue weighted by Crippen LogP contribution is 2.21. The van der Waals surface area contributed by atoms with Gasteiger partial charge in [-0.25, -0.2) is 0 Å². The molecular formula is C9H19N3. The molecule has 0 amide bonds. The number of nitrogens with zero attached hydrogens (tertiary/aromatic N) is 2. The van der Waals surface area contributed by atoms with Crippen LogP contribution in [0.25, 0.3) is 0 Å². The van der Waals surface area contributed by atoms with Gasteiger partial charge >= 0.3 is 0 Å². The molecule has 0 atom stereocenters. The number of rotatable bonds is 2. The first-order chi connectivity index (χ1) is 5.75. The minimum absolute atomic E-state index is 0.639. The van der Waals surface area contributed by atoms with Crippen LogP contribution in [0.5, 0.6) is 0 Å². The van der Waals surface area contributed by atoms with Crippen molar-refractivity contribution >= 4 is 5.96 Å². The molecule has 0 saturated heterocycles. The molecule has 3 heteroatoms. The monoisotopic (exact) mass is 169 g/mol. The van der Waals surface area contributed by atoms with Crippen LogP contribution < -0.4 is 5.73 Å². The van der Waals surface area contributed by atoms with Crippen LogP contribution in [-0.4, -0.2) is 30.5 Å². The van der Waals surface area contributed by atoms with Crippen molar-refractivity contribution in [3.8, 4) is 0 Å². The number of hydrogen-bond acceptors (Lipinski definition) is 1. The van der Waals surface area contributed by atoms with Crippen molar-refractivity contribution in [3.63, 3.8) is 0 Å². The van der Waals surface area contributed by atoms with Gasteiger partial charge < -0.3 is 10.6 Å². The van der Waals surface area contributed by atoms with Gasteiger partial charge in [-0.1, -0.05) is 12.8 Å². The Bertz CT molecular complexity index is 159. The zero-order valence-corrected chi connectivity index (χ0v) is 8.08. The van der Waals surface area contributed by atoms with E-state index in [2.05, 4.69) is 9.89 Å². The average Bonchev–Trinajstić information content (AvgIpc) is 2.55. The maximum Gasteiger partial charge on any atom is 0.191 e. The van der Waals surface area contributed by atoms with Gasteiger partial charge in [-0.3, -0.25) is 4.99 Å². The van der Waals surface area contributed by atoms with Gasteiger partial charge in [0.1, 0.15) is 0 Å². The van der Waals surface area contributed by atoms with Crippen molar-refractivity contribution in [1.82, 2.24) is 4.90 Å². The second-order valence-electron chi connectivity index (χ2n) is 3.38. The van der Waals surface area contributed by atoms with E-state index in [4.69, 9.17) is 5.73 Å². The zero-order chi connectivity index (χ0) is 8.97. The Labute approximate surface area is 74.6 Å². The molecule has 0 radical (unpaired) electrons. The first-order valence-corrected chi connectivity index (χ1v) is 4.78. The van der Waals surface area contributed by atoms with Crippen molar-refractivity contribution in [2.24, 2.45) is 10.7 Å². The van der Waals surface area contributed by atoms with Crippen LogP contribution in [0.2, 0.25) is 0 Å². The van der Waals surface area contributed by atoms with Crippen LogP contribution in [0, 0.1) is 0 Å². The smallest absolute Gasteiger partial charge is 0.191 e. The Hall–Kier alpha value is -0.730. The molecule has 2 N–H and O–H groups in total. The third kappa shape index (κ3) is 2.13. The highest BCUT2D eigenvalue weighted by atomic mass is 15.3. The van der Waals surface area contributed by atoms with Gasteiger partial charge in [0, 0.05) is 19.6 Å². The second kappa shape index (κ2) is 4.33. The summed E-state index contributed by atoms with van der Waals surface area (Å²) in [6.07, 6.45) is 5.23. The summed E-state index contributed by atoms with van der Waals surface area (Å²) in [6.45, 7) is 2.79. The summed E-state index contributed by atoms with van der Waals surface area (Å²) in [5.74, 6) is 0.699. The van der Waals surface area contributed by atoms with E-state index in [-0.39, 0.29) is 0 Å². The van der Waals surface area contributed by atoms with E-state index in [0.717, 1.165) is 6.54 Å². The Morgan fingerprint density at radius 3 is 2.58 bits per heavy atom. The molecule has 70 valence electrons. The SMILES string of the molecule is CCN=C(N)N(C)C1CCCC1. The van der Waals surface area contributed by atoms with Crippen molar-refractivity contribution < 1.29 is 0 Å². The van der Waals surface area contributed by atoms with E-state index in [1.165, 1.54) is 25.7 Å². The van der Waals surface area contributed by atoms with Gasteiger partial charge in [0.15, 0.2) is 5.96 Å². The summed E-state index contributed by atoms with van der Waals surface area (Å²) in [5.41, 5.74) is 5.78. The van der Waals surface area contributed by atoms with Crippen LogP contribution in [0.15, 0.2) is 4.99 Å². The molecule has 0 spiro atoms. The van der Waals surface area contributed by atoms with Gasteiger partial charge in [0.25, 0.3) is 0 Å². The summed E-state index contributed by atoms with van der Waals surface area (Å²) < 4.78 is 0. The summed E-state index contributed by atoms with van der Waals surface area (Å²) in [5, 5.41) is 0. The molecule has 0 aromatic heterocycles. The van der Waals surface area contributed by atoms with Gasteiger partial charge in [-0.15, -0.1) is 0 Å². The number of hydrogen-bond donors (Lipinski definition) is 1. The van der Waals surface area contributed by atoms with Crippen LogP contribution in [0.3, 0.4) is 0 Å². The topological polar surface area (TPSA) is 41.6 Å². The Balaban J connectivity index is 2.44. The van der Waals surface area contributed by atoms with Gasteiger partial charge in [-0.05, 0) is 19.8 Å². The standard InChI is InChI=1S/C9H19N3/c1-3-11-9(10)12(2)8-6-4-5-7-8/h8H,3-7H2,1-2H3,(H2,10,11). The zero-order valence-electron chi connectivity index (χ0n) is 8.08. The maximum atomic E-state index is 5.78. The van der Waals surface area contributed by atoms with Crippen LogP contribution in [-0.2, 0) is 0 Å². The third-order valence-electron chi connectivity index (χ3n) is 2.55. The first kappa shape index (κ1) is 9.36. The minimum atomic E-state index is 0.639. The fourth-order valence-electron chi connectivity index (χ4n) is 1.75. The van der Waals surface area contributed by atoms with Crippen molar-refractivity contribution in [2.45, 2.75) is 38.6 Å². The van der Waals surface area contributed by atoms with Crippen LogP contribution >= 0.6 is 0 Å². The molecule has 3 nitrogen and oxygen atoms in total. The predicted molar refractivity (Wildman–Crippen MR) is 52.2 cm³/mol. The van der Waals surface area contributed by atoms with E-state index in [1.807, 2.05) is 14.0 Å². The maximum absolute atomic E-state index is 5.78. The molecule has 12 heavy (non-hydrogen) atoms. The van der Waals surface area contributed by atoms with Crippen LogP contribution in [0.1, 0.15) is 32.6 Å². The Morgan fingerprint density at radius 1 is 1.50 bits per heavy atom. The van der Waals surface area contributed by atoms with E-state index in [1.54, 1.807) is 0 Å². The summed E-state index contributed by atoms with van der Waals surface area (Å²) in [4.78, 5) is 6.31. The average molecular weight is 169 g/mol. The van der Waals surface area contributed by atoms with Crippen molar-refractivity contribution in [3.05, 3.63) is 0 Å². The molecule has 0 unspecified atom stereocenters. The van der Waals surface area contributed by atoms with Gasteiger partial charge in [0.2, 0.25) is 0 Å². The van der Waals surface area contributed by atoms with Crippen molar-refractivity contribution in [1.29, 1.82) is 0 Å². The second-order valence-corrected chi connectivity index (χ2v) is 3.38. The molecule has 0 aliphatic heterocycles. The lowest BCUT2D eigenvalue weighted by Crippen LogP contribution is -2.40. The van der Waals surface area contributed by atoms with Crippen molar-refractivity contribution in [2.75, 3.05) is 13.6 Å². The first-order valence-electron chi connectivity index (χ1n) is 4.78. The lowest BCUT2D eigenvalue weighted by Gasteiger charge is -2.24. The predicted octanol–water partition coefficient (Wildman–Crippen LogP) is 1.20. The lowest BCUT2D eigenvalue weighted by molar-refractivity contribution is 0.367. The molecule has 1 aliphatic carbocycles. The molecule has 0 aromatic rings. The molecule has 1 rings (SSSR count). The molecule has 0 bridgehead atoms. The van der Waals surface area contributed by atoms with E-state index < -0.39 is 0 Å². The van der Waals surface area contributed by atoms with Gasteiger partial charge in [0.05, 0.1) is 0 Å². The molecule has 0 heterocycles. The fourth-order valence-corrected chi connectivity index (χ4v) is 1.75. The summed E-state index contributed by atoms with van der Waals surface area (Å²) in [6, 6.07) is 0.639. The molecular weight excluding hydrogens is 150 g/mol. The van der Waals surface area contributed by atoms with Gasteiger partial charge in [-0.2, -0.15) is 0 Å². The van der Waals surface area contributed by atoms with Crippen LogP contribution in [0.4, 0.5) is 0 Å². The summed E-state index contributed by atoms with van der Waals surface area (Å²) in [7, 11) is 2.05. The Morgan fingerprint density at radius 2 is 2.08 bits per heavy atom. The number of guanidine groups is 1. The molecule has 1 saturated carbocycles. The highest BCUT2D eigenvalue weighted by Gasteiger charge is 2.20. The third-order valence-corrected chi connectivity index (χ3v) is 2.55. The minimum Gasteiger partial charge on any atom is -0.370 e. The Kier molecular flexibility index (Phi) is 3.38. The molecule has 1 fully saturated rings. The van der Waals surface area contributed by atoms with E-state index in [9.17, 15) is 0 Å². The quantitative estimate of drug-likeness (QED) is 0.498. The van der Waals surface area contributed by atoms with E-state index >= 15 is 0 Å².